The summed E-state index contributed by atoms with van der Waals surface area (Å²) in [5, 5.41) is 3.17. The zero-order valence-electron chi connectivity index (χ0n) is 11.3. The predicted molar refractivity (Wildman–Crippen MR) is 69.9 cm³/mol. The molecule has 3 heteroatoms. The first-order valence-corrected chi connectivity index (χ1v) is 6.68. The molecule has 1 fully saturated rings. The Morgan fingerprint density at radius 1 is 1.47 bits per heavy atom. The highest BCUT2D eigenvalue weighted by Crippen LogP contribution is 2.30. The van der Waals surface area contributed by atoms with E-state index in [4.69, 9.17) is 4.42 Å². The van der Waals surface area contributed by atoms with Gasteiger partial charge in [0.2, 0.25) is 0 Å². The van der Waals surface area contributed by atoms with Gasteiger partial charge in [0, 0.05) is 18.7 Å². The van der Waals surface area contributed by atoms with Crippen LogP contribution in [0, 0.1) is 12.8 Å². The van der Waals surface area contributed by atoms with Crippen LogP contribution in [0.4, 0.5) is 0 Å². The molecule has 17 heavy (non-hydrogen) atoms. The fraction of sp³-hybridized carbons (Fsp3) is 0.714. The van der Waals surface area contributed by atoms with Crippen molar-refractivity contribution < 1.29 is 4.42 Å². The van der Waals surface area contributed by atoms with E-state index in [-0.39, 0.29) is 0 Å². The molecular formula is C14H24N2O. The maximum atomic E-state index is 5.82. The zero-order valence-corrected chi connectivity index (χ0v) is 11.3. The number of rotatable bonds is 7. The summed E-state index contributed by atoms with van der Waals surface area (Å²) < 4.78 is 5.82. The van der Waals surface area contributed by atoms with Crippen molar-refractivity contribution in [2.24, 2.45) is 5.92 Å². The van der Waals surface area contributed by atoms with Crippen LogP contribution < -0.4 is 5.32 Å². The first-order valence-electron chi connectivity index (χ1n) is 6.68. The Bertz CT molecular complexity index is 355. The van der Waals surface area contributed by atoms with Crippen LogP contribution in [0.25, 0.3) is 0 Å². The topological polar surface area (TPSA) is 28.4 Å². The van der Waals surface area contributed by atoms with E-state index in [0.717, 1.165) is 37.1 Å². The van der Waals surface area contributed by atoms with Gasteiger partial charge in [-0.05, 0) is 45.3 Å². The van der Waals surface area contributed by atoms with Gasteiger partial charge in [-0.25, -0.2) is 0 Å². The van der Waals surface area contributed by atoms with Crippen LogP contribution in [0.3, 0.4) is 0 Å². The molecule has 0 aromatic carbocycles. The van der Waals surface area contributed by atoms with E-state index < -0.39 is 0 Å². The van der Waals surface area contributed by atoms with Gasteiger partial charge in [0.05, 0.1) is 6.54 Å². The highest BCUT2D eigenvalue weighted by Gasteiger charge is 2.24. The molecule has 96 valence electrons. The summed E-state index contributed by atoms with van der Waals surface area (Å²) in [6.07, 6.45) is 2.83. The quantitative estimate of drug-likeness (QED) is 0.788. The predicted octanol–water partition coefficient (Wildman–Crippen LogP) is 2.54. The molecule has 1 aromatic rings. The molecule has 1 aliphatic carbocycles. The van der Waals surface area contributed by atoms with Gasteiger partial charge in [0.1, 0.15) is 11.5 Å². The second-order valence-electron chi connectivity index (χ2n) is 5.10. The van der Waals surface area contributed by atoms with Gasteiger partial charge in [-0.1, -0.05) is 6.92 Å². The monoisotopic (exact) mass is 236 g/mol. The first-order chi connectivity index (χ1) is 8.22. The van der Waals surface area contributed by atoms with E-state index in [9.17, 15) is 0 Å². The van der Waals surface area contributed by atoms with Crippen LogP contribution in [0.5, 0.6) is 0 Å². The van der Waals surface area contributed by atoms with E-state index in [2.05, 4.69) is 23.2 Å². The summed E-state index contributed by atoms with van der Waals surface area (Å²) in [6, 6.07) is 2.20. The van der Waals surface area contributed by atoms with Gasteiger partial charge < -0.3 is 9.73 Å². The summed E-state index contributed by atoms with van der Waals surface area (Å²) in [5.41, 5.74) is 1.28. The molecule has 1 aromatic heterocycles. The Kier molecular flexibility index (Phi) is 4.24. The molecule has 0 radical (unpaired) electrons. The fourth-order valence-electron chi connectivity index (χ4n) is 2.22. The summed E-state index contributed by atoms with van der Waals surface area (Å²) in [4.78, 5) is 2.49. The van der Waals surface area contributed by atoms with Crippen molar-refractivity contribution in [1.82, 2.24) is 10.2 Å². The van der Waals surface area contributed by atoms with Gasteiger partial charge in [0.15, 0.2) is 0 Å². The number of aryl methyl sites for hydroxylation is 1. The average molecular weight is 236 g/mol. The lowest BCUT2D eigenvalue weighted by atomic mass is 10.2. The molecular weight excluding hydrogens is 212 g/mol. The van der Waals surface area contributed by atoms with Crippen molar-refractivity contribution in [2.45, 2.75) is 39.8 Å². The Balaban J connectivity index is 1.93. The number of hydrogen-bond acceptors (Lipinski definition) is 3. The van der Waals surface area contributed by atoms with Crippen molar-refractivity contribution in [3.8, 4) is 0 Å². The number of nitrogens with zero attached hydrogens (tertiary/aromatic N) is 1. The van der Waals surface area contributed by atoms with Crippen molar-refractivity contribution in [2.75, 3.05) is 20.1 Å². The van der Waals surface area contributed by atoms with E-state index in [0.29, 0.717) is 0 Å². The number of hydrogen-bond donors (Lipinski definition) is 1. The molecule has 0 amide bonds. The molecule has 0 unspecified atom stereocenters. The molecule has 3 nitrogen and oxygen atoms in total. The summed E-state index contributed by atoms with van der Waals surface area (Å²) in [5.74, 6) is 3.11. The maximum Gasteiger partial charge on any atom is 0.118 e. The van der Waals surface area contributed by atoms with Gasteiger partial charge in [-0.3, -0.25) is 4.90 Å². The summed E-state index contributed by atoms with van der Waals surface area (Å²) >= 11 is 0. The molecule has 0 spiro atoms. The highest BCUT2D eigenvalue weighted by atomic mass is 16.3. The lowest BCUT2D eigenvalue weighted by Crippen LogP contribution is -2.24. The van der Waals surface area contributed by atoms with Crippen LogP contribution in [0.1, 0.15) is 36.8 Å². The highest BCUT2D eigenvalue weighted by molar-refractivity contribution is 5.20. The van der Waals surface area contributed by atoms with E-state index >= 15 is 0 Å². The van der Waals surface area contributed by atoms with Gasteiger partial charge in [-0.15, -0.1) is 0 Å². The third-order valence-corrected chi connectivity index (χ3v) is 3.48. The van der Waals surface area contributed by atoms with Gasteiger partial charge >= 0.3 is 0 Å². The molecule has 0 bridgehead atoms. The van der Waals surface area contributed by atoms with Crippen LogP contribution in [-0.2, 0) is 13.1 Å². The zero-order chi connectivity index (χ0) is 12.3. The van der Waals surface area contributed by atoms with E-state index in [1.54, 1.807) is 0 Å². The number of furan rings is 1. The largest absolute Gasteiger partial charge is 0.465 e. The number of nitrogens with one attached hydrogen (secondary N) is 1. The first kappa shape index (κ1) is 12.7. The third-order valence-electron chi connectivity index (χ3n) is 3.48. The minimum absolute atomic E-state index is 0.893. The molecule has 1 aliphatic rings. The Labute approximate surface area is 104 Å². The van der Waals surface area contributed by atoms with E-state index in [1.165, 1.54) is 24.9 Å². The lowest BCUT2D eigenvalue weighted by Gasteiger charge is -2.18. The molecule has 0 aliphatic heterocycles. The second-order valence-corrected chi connectivity index (χ2v) is 5.10. The molecule has 1 N–H and O–H groups in total. The SMILES string of the molecule is CCN(Cc1cc(CNC)c(C)o1)CC1CC1. The molecule has 1 saturated carbocycles. The van der Waals surface area contributed by atoms with E-state index in [1.807, 2.05) is 14.0 Å². The minimum Gasteiger partial charge on any atom is -0.465 e. The van der Waals surface area contributed by atoms with Crippen molar-refractivity contribution in [1.29, 1.82) is 0 Å². The fourth-order valence-corrected chi connectivity index (χ4v) is 2.22. The second kappa shape index (κ2) is 5.69. The maximum absolute atomic E-state index is 5.82. The van der Waals surface area contributed by atoms with Crippen LogP contribution in [0.15, 0.2) is 10.5 Å². The Morgan fingerprint density at radius 2 is 2.24 bits per heavy atom. The summed E-state index contributed by atoms with van der Waals surface area (Å²) in [7, 11) is 1.97. The smallest absolute Gasteiger partial charge is 0.118 e. The molecule has 0 atom stereocenters. The minimum atomic E-state index is 0.893. The van der Waals surface area contributed by atoms with Gasteiger partial charge in [-0.2, -0.15) is 0 Å². The third kappa shape index (κ3) is 3.58. The van der Waals surface area contributed by atoms with Crippen molar-refractivity contribution >= 4 is 0 Å². The normalized spacial score (nSPS) is 15.8. The summed E-state index contributed by atoms with van der Waals surface area (Å²) in [6.45, 7) is 8.47. The van der Waals surface area contributed by atoms with Crippen molar-refractivity contribution in [3.63, 3.8) is 0 Å². The molecule has 1 heterocycles. The lowest BCUT2D eigenvalue weighted by molar-refractivity contribution is 0.244. The van der Waals surface area contributed by atoms with Crippen LogP contribution in [-0.4, -0.2) is 25.0 Å². The Morgan fingerprint density at radius 3 is 2.82 bits per heavy atom. The average Bonchev–Trinajstić information content (AvgIpc) is 3.05. The van der Waals surface area contributed by atoms with Crippen LogP contribution >= 0.6 is 0 Å². The molecule has 0 saturated heterocycles. The molecule has 2 rings (SSSR count). The van der Waals surface area contributed by atoms with Gasteiger partial charge in [0.25, 0.3) is 0 Å². The standard InChI is InChI=1S/C14H24N2O/c1-4-16(9-12-5-6-12)10-14-7-13(8-15-3)11(2)17-14/h7,12,15H,4-6,8-10H2,1-3H3. The Hall–Kier alpha value is -0.800. The van der Waals surface area contributed by atoms with Crippen molar-refractivity contribution in [3.05, 3.63) is 23.2 Å². The van der Waals surface area contributed by atoms with Crippen LogP contribution in [0.2, 0.25) is 0 Å².